The fourth-order valence-corrected chi connectivity index (χ4v) is 4.20. The molecule has 0 atom stereocenters. The molecule has 27 heavy (non-hydrogen) atoms. The highest BCUT2D eigenvalue weighted by Gasteiger charge is 2.28. The molecule has 3 aromatic heterocycles. The van der Waals surface area contributed by atoms with Gasteiger partial charge in [-0.15, -0.1) is 0 Å². The first-order valence-electron chi connectivity index (χ1n) is 9.60. The van der Waals surface area contributed by atoms with Gasteiger partial charge in [0, 0.05) is 50.7 Å². The Labute approximate surface area is 159 Å². The van der Waals surface area contributed by atoms with E-state index in [1.807, 2.05) is 44.3 Å². The highest BCUT2D eigenvalue weighted by Crippen LogP contribution is 2.29. The Morgan fingerprint density at radius 3 is 2.70 bits per heavy atom. The first kappa shape index (κ1) is 17.7. The average molecular weight is 366 g/mol. The van der Waals surface area contributed by atoms with E-state index in [1.54, 1.807) is 4.68 Å². The van der Waals surface area contributed by atoms with E-state index in [0.29, 0.717) is 5.92 Å². The molecular weight excluding hydrogens is 340 g/mol. The van der Waals surface area contributed by atoms with Gasteiger partial charge in [-0.1, -0.05) is 0 Å². The maximum atomic E-state index is 13.3. The number of amides is 1. The van der Waals surface area contributed by atoms with Crippen molar-refractivity contribution < 1.29 is 4.79 Å². The summed E-state index contributed by atoms with van der Waals surface area (Å²) in [6.45, 7) is 8.44. The number of fused-ring (bicyclic) bond motifs is 1. The van der Waals surface area contributed by atoms with Crippen LogP contribution >= 0.6 is 0 Å². The summed E-state index contributed by atoms with van der Waals surface area (Å²) >= 11 is 0. The predicted molar refractivity (Wildman–Crippen MR) is 104 cm³/mol. The van der Waals surface area contributed by atoms with E-state index < -0.39 is 0 Å². The Kier molecular flexibility index (Phi) is 4.45. The zero-order valence-electron chi connectivity index (χ0n) is 16.4. The zero-order valence-corrected chi connectivity index (χ0v) is 16.4. The largest absolute Gasteiger partial charge is 0.339 e. The van der Waals surface area contributed by atoms with Gasteiger partial charge in [0.05, 0.1) is 16.6 Å². The number of aryl methyl sites for hydroxylation is 4. The summed E-state index contributed by atoms with van der Waals surface area (Å²) in [6.07, 6.45) is 5.80. The van der Waals surface area contributed by atoms with Crippen molar-refractivity contribution in [3.63, 3.8) is 0 Å². The van der Waals surface area contributed by atoms with Gasteiger partial charge in [0.15, 0.2) is 5.65 Å². The topological polar surface area (TPSA) is 68.8 Å². The van der Waals surface area contributed by atoms with Gasteiger partial charge >= 0.3 is 0 Å². The van der Waals surface area contributed by atoms with Crippen molar-refractivity contribution in [2.75, 3.05) is 13.1 Å². The molecule has 0 radical (unpaired) electrons. The quantitative estimate of drug-likeness (QED) is 0.715. The van der Waals surface area contributed by atoms with Crippen LogP contribution in [0.15, 0.2) is 18.5 Å². The van der Waals surface area contributed by atoms with Gasteiger partial charge in [-0.3, -0.25) is 9.48 Å². The molecule has 4 heterocycles. The maximum absolute atomic E-state index is 13.3. The molecule has 7 heteroatoms. The molecule has 0 bridgehead atoms. The van der Waals surface area contributed by atoms with Crippen molar-refractivity contribution in [1.29, 1.82) is 0 Å². The van der Waals surface area contributed by atoms with E-state index in [1.165, 1.54) is 0 Å². The van der Waals surface area contributed by atoms with E-state index in [0.717, 1.165) is 66.3 Å². The van der Waals surface area contributed by atoms with Crippen molar-refractivity contribution in [1.82, 2.24) is 29.2 Å². The van der Waals surface area contributed by atoms with Gasteiger partial charge in [0.1, 0.15) is 5.82 Å². The predicted octanol–water partition coefficient (Wildman–Crippen LogP) is 2.82. The van der Waals surface area contributed by atoms with Crippen molar-refractivity contribution in [2.45, 2.75) is 46.1 Å². The molecular formula is C20H26N6O. The van der Waals surface area contributed by atoms with Crippen molar-refractivity contribution in [3.05, 3.63) is 41.2 Å². The Morgan fingerprint density at radius 2 is 2.00 bits per heavy atom. The zero-order chi connectivity index (χ0) is 19.1. The maximum Gasteiger partial charge on any atom is 0.254 e. The van der Waals surface area contributed by atoms with Gasteiger partial charge in [-0.05, 0) is 39.7 Å². The van der Waals surface area contributed by atoms with E-state index in [2.05, 4.69) is 26.6 Å². The molecule has 0 unspecified atom stereocenters. The van der Waals surface area contributed by atoms with Crippen LogP contribution in [0.3, 0.4) is 0 Å². The van der Waals surface area contributed by atoms with E-state index in [4.69, 9.17) is 0 Å². The number of imidazole rings is 1. The summed E-state index contributed by atoms with van der Waals surface area (Å²) in [5.74, 6) is 1.65. The molecule has 1 aliphatic rings. The molecule has 0 aromatic carbocycles. The van der Waals surface area contributed by atoms with Crippen LogP contribution in [0.1, 0.15) is 53.3 Å². The lowest BCUT2D eigenvalue weighted by Crippen LogP contribution is -2.38. The minimum absolute atomic E-state index is 0.0823. The van der Waals surface area contributed by atoms with Crippen LogP contribution in [0, 0.1) is 13.8 Å². The first-order valence-corrected chi connectivity index (χ1v) is 9.60. The Morgan fingerprint density at radius 1 is 1.26 bits per heavy atom. The van der Waals surface area contributed by atoms with Gasteiger partial charge in [0.25, 0.3) is 5.91 Å². The third-order valence-electron chi connectivity index (χ3n) is 5.56. The van der Waals surface area contributed by atoms with Gasteiger partial charge in [-0.2, -0.15) is 5.10 Å². The van der Waals surface area contributed by atoms with Crippen LogP contribution in [0.25, 0.3) is 11.0 Å². The minimum atomic E-state index is 0.0823. The molecule has 0 aliphatic carbocycles. The lowest BCUT2D eigenvalue weighted by Gasteiger charge is -2.32. The summed E-state index contributed by atoms with van der Waals surface area (Å²) in [5, 5.41) is 5.33. The number of likely N-dealkylation sites (tertiary alicyclic amines) is 1. The van der Waals surface area contributed by atoms with Gasteiger partial charge in [0.2, 0.25) is 0 Å². The molecule has 0 spiro atoms. The Balaban J connectivity index is 1.58. The number of aromatic nitrogens is 5. The summed E-state index contributed by atoms with van der Waals surface area (Å²) in [4.78, 5) is 24.4. The normalized spacial score (nSPS) is 15.6. The standard InChI is InChI=1S/C20H26N6O/c1-5-25-11-8-21-18(25)15-6-9-26(10-7-15)20(27)16-12-13(2)22-19-17(16)14(3)23-24(19)4/h8,11-12,15H,5-7,9-10H2,1-4H3. The van der Waals surface area contributed by atoms with Crippen molar-refractivity contribution >= 4 is 16.9 Å². The fraction of sp³-hybridized carbons (Fsp3) is 0.500. The van der Waals surface area contributed by atoms with Crippen molar-refractivity contribution in [3.8, 4) is 0 Å². The second-order valence-electron chi connectivity index (χ2n) is 7.36. The molecule has 1 saturated heterocycles. The number of nitrogens with zero attached hydrogens (tertiary/aromatic N) is 6. The molecule has 1 amide bonds. The Bertz CT molecular complexity index is 993. The van der Waals surface area contributed by atoms with Crippen LogP contribution in [0.4, 0.5) is 0 Å². The SMILES string of the molecule is CCn1ccnc1C1CCN(C(=O)c2cc(C)nc3c2c(C)nn3C)CC1. The lowest BCUT2D eigenvalue weighted by atomic mass is 9.95. The highest BCUT2D eigenvalue weighted by atomic mass is 16.2. The number of pyridine rings is 1. The highest BCUT2D eigenvalue weighted by molar-refractivity contribution is 6.06. The molecule has 1 fully saturated rings. The number of hydrogen-bond donors (Lipinski definition) is 0. The van der Waals surface area contributed by atoms with Crippen LogP contribution in [0.5, 0.6) is 0 Å². The number of piperidine rings is 1. The number of carbonyl (C=O) groups excluding carboxylic acids is 1. The van der Waals surface area contributed by atoms with Crippen LogP contribution < -0.4 is 0 Å². The van der Waals surface area contributed by atoms with Crippen LogP contribution in [0.2, 0.25) is 0 Å². The third kappa shape index (κ3) is 3.01. The monoisotopic (exact) mass is 366 g/mol. The summed E-state index contributed by atoms with van der Waals surface area (Å²) < 4.78 is 3.96. The van der Waals surface area contributed by atoms with Gasteiger partial charge in [-0.25, -0.2) is 9.97 Å². The number of rotatable bonds is 3. The summed E-state index contributed by atoms with van der Waals surface area (Å²) in [5.41, 5.74) is 3.18. The molecule has 0 saturated carbocycles. The average Bonchev–Trinajstić information content (AvgIpc) is 3.25. The minimum Gasteiger partial charge on any atom is -0.339 e. The third-order valence-corrected chi connectivity index (χ3v) is 5.56. The smallest absolute Gasteiger partial charge is 0.254 e. The molecule has 0 N–H and O–H groups in total. The first-order chi connectivity index (χ1) is 13.0. The van der Waals surface area contributed by atoms with Crippen molar-refractivity contribution in [2.24, 2.45) is 7.05 Å². The fourth-order valence-electron chi connectivity index (χ4n) is 4.20. The van der Waals surface area contributed by atoms with Gasteiger partial charge < -0.3 is 9.47 Å². The second-order valence-corrected chi connectivity index (χ2v) is 7.36. The molecule has 1 aliphatic heterocycles. The Hall–Kier alpha value is -2.70. The second kappa shape index (κ2) is 6.79. The molecule has 142 valence electrons. The summed E-state index contributed by atoms with van der Waals surface area (Å²) in [7, 11) is 1.87. The lowest BCUT2D eigenvalue weighted by molar-refractivity contribution is 0.0712. The van der Waals surface area contributed by atoms with Crippen LogP contribution in [-0.4, -0.2) is 48.2 Å². The summed E-state index contributed by atoms with van der Waals surface area (Å²) in [6, 6.07) is 1.90. The molecule has 3 aromatic rings. The molecule has 4 rings (SSSR count). The van der Waals surface area contributed by atoms with Crippen LogP contribution in [-0.2, 0) is 13.6 Å². The number of carbonyl (C=O) groups is 1. The molecule has 7 nitrogen and oxygen atoms in total. The number of hydrogen-bond acceptors (Lipinski definition) is 4. The van der Waals surface area contributed by atoms with E-state index in [-0.39, 0.29) is 5.91 Å². The van der Waals surface area contributed by atoms with E-state index in [9.17, 15) is 4.79 Å². The van der Waals surface area contributed by atoms with E-state index >= 15 is 0 Å².